The maximum atomic E-state index is 11.9. The first-order valence-electron chi connectivity index (χ1n) is 7.74. The smallest absolute Gasteiger partial charge is 0.321 e. The summed E-state index contributed by atoms with van der Waals surface area (Å²) in [5.41, 5.74) is 5.46. The Hall–Kier alpha value is -1.14. The molecular formula is C15H29N3O3. The van der Waals surface area contributed by atoms with Gasteiger partial charge in [0.05, 0.1) is 5.60 Å². The molecule has 0 aromatic carbocycles. The van der Waals surface area contributed by atoms with Crippen molar-refractivity contribution in [3.63, 3.8) is 0 Å². The lowest BCUT2D eigenvalue weighted by Gasteiger charge is -2.41. The molecule has 0 aromatic rings. The quantitative estimate of drug-likeness (QED) is 0.715. The maximum absolute atomic E-state index is 11.9. The van der Waals surface area contributed by atoms with Crippen LogP contribution in [0.3, 0.4) is 0 Å². The maximum Gasteiger partial charge on any atom is 0.321 e. The number of urea groups is 1. The average molecular weight is 299 g/mol. The second kappa shape index (κ2) is 7.75. The zero-order valence-electron chi connectivity index (χ0n) is 13.6. The van der Waals surface area contributed by atoms with Gasteiger partial charge in [-0.05, 0) is 44.4 Å². The van der Waals surface area contributed by atoms with Gasteiger partial charge in [0.2, 0.25) is 0 Å². The van der Waals surface area contributed by atoms with Crippen LogP contribution in [0.4, 0.5) is 4.79 Å². The molecule has 1 rings (SSSR count). The lowest BCUT2D eigenvalue weighted by atomic mass is 9.74. The van der Waals surface area contributed by atoms with Gasteiger partial charge >= 0.3 is 6.03 Å². The van der Waals surface area contributed by atoms with Gasteiger partial charge in [-0.25, -0.2) is 4.79 Å². The fourth-order valence-electron chi connectivity index (χ4n) is 2.91. The van der Waals surface area contributed by atoms with E-state index in [9.17, 15) is 9.59 Å². The first-order chi connectivity index (χ1) is 9.83. The fourth-order valence-corrected chi connectivity index (χ4v) is 2.91. The summed E-state index contributed by atoms with van der Waals surface area (Å²) in [7, 11) is 1.46. The second-order valence-electron chi connectivity index (χ2n) is 6.30. The van der Waals surface area contributed by atoms with E-state index in [4.69, 9.17) is 10.5 Å². The van der Waals surface area contributed by atoms with Crippen molar-refractivity contribution in [2.24, 2.45) is 17.6 Å². The largest absolute Gasteiger partial charge is 0.361 e. The number of rotatable bonds is 5. The molecular weight excluding hydrogens is 270 g/mol. The van der Waals surface area contributed by atoms with Crippen LogP contribution in [-0.4, -0.2) is 37.2 Å². The summed E-state index contributed by atoms with van der Waals surface area (Å²) in [6, 6.07) is -0.527. The summed E-state index contributed by atoms with van der Waals surface area (Å²) in [6.45, 7) is 6.53. The molecule has 0 heterocycles. The van der Waals surface area contributed by atoms with E-state index in [1.165, 1.54) is 7.05 Å². The molecule has 0 aliphatic heterocycles. The van der Waals surface area contributed by atoms with E-state index < -0.39 is 23.6 Å². The highest BCUT2D eigenvalue weighted by atomic mass is 16.5. The number of hydrogen-bond donors (Lipinski definition) is 3. The topological polar surface area (TPSA) is 93.5 Å². The minimum atomic E-state index is -0.693. The predicted octanol–water partition coefficient (Wildman–Crippen LogP) is 1.39. The van der Waals surface area contributed by atoms with Crippen molar-refractivity contribution in [2.45, 2.75) is 58.2 Å². The highest BCUT2D eigenvalue weighted by Gasteiger charge is 2.38. The van der Waals surface area contributed by atoms with Crippen LogP contribution < -0.4 is 16.4 Å². The van der Waals surface area contributed by atoms with Crippen LogP contribution in [0.15, 0.2) is 0 Å². The van der Waals surface area contributed by atoms with Gasteiger partial charge in [-0.3, -0.25) is 10.1 Å². The summed E-state index contributed by atoms with van der Waals surface area (Å²) < 4.78 is 5.95. The van der Waals surface area contributed by atoms with Crippen LogP contribution in [-0.2, 0) is 9.53 Å². The van der Waals surface area contributed by atoms with E-state index >= 15 is 0 Å². The molecule has 1 atom stereocenters. The standard InChI is InChI=1S/C15H29N3O3/c1-10(2)12-5-7-15(9-16,8-6-12)21-11(3)13(19)18-14(20)17-4/h10-12H,5-9,16H2,1-4H3,(H2,17,18,19,20). The zero-order chi connectivity index (χ0) is 16.0. The number of hydrogen-bond acceptors (Lipinski definition) is 4. The summed E-state index contributed by atoms with van der Waals surface area (Å²) in [6.07, 6.45) is 3.17. The van der Waals surface area contributed by atoms with Gasteiger partial charge in [0.15, 0.2) is 0 Å². The molecule has 3 amide bonds. The minimum Gasteiger partial charge on any atom is -0.361 e. The first-order valence-corrected chi connectivity index (χ1v) is 7.74. The Kier molecular flexibility index (Phi) is 6.61. The van der Waals surface area contributed by atoms with E-state index in [0.29, 0.717) is 18.4 Å². The van der Waals surface area contributed by atoms with E-state index in [2.05, 4.69) is 24.5 Å². The molecule has 6 nitrogen and oxygen atoms in total. The van der Waals surface area contributed by atoms with Crippen molar-refractivity contribution in [1.29, 1.82) is 0 Å². The van der Waals surface area contributed by atoms with Gasteiger partial charge in [-0.15, -0.1) is 0 Å². The third-order valence-corrected chi connectivity index (χ3v) is 4.52. The van der Waals surface area contributed by atoms with Crippen LogP contribution in [0.1, 0.15) is 46.5 Å². The van der Waals surface area contributed by atoms with Crippen molar-refractivity contribution in [3.05, 3.63) is 0 Å². The molecule has 1 fully saturated rings. The van der Waals surface area contributed by atoms with Crippen molar-refractivity contribution < 1.29 is 14.3 Å². The predicted molar refractivity (Wildman–Crippen MR) is 81.7 cm³/mol. The highest BCUT2D eigenvalue weighted by molar-refractivity contribution is 5.96. The second-order valence-corrected chi connectivity index (χ2v) is 6.30. The van der Waals surface area contributed by atoms with E-state index in [1.807, 2.05) is 0 Å². The third-order valence-electron chi connectivity index (χ3n) is 4.52. The van der Waals surface area contributed by atoms with Crippen LogP contribution in [0.5, 0.6) is 0 Å². The normalized spacial score (nSPS) is 27.2. The number of amides is 3. The number of ether oxygens (including phenoxy) is 1. The minimum absolute atomic E-state index is 0.398. The number of imide groups is 1. The molecule has 122 valence electrons. The van der Waals surface area contributed by atoms with Crippen LogP contribution in [0.25, 0.3) is 0 Å². The first kappa shape index (κ1) is 17.9. The Balaban J connectivity index is 2.57. The van der Waals surface area contributed by atoms with E-state index in [-0.39, 0.29) is 0 Å². The zero-order valence-corrected chi connectivity index (χ0v) is 13.6. The molecule has 0 bridgehead atoms. The molecule has 0 radical (unpaired) electrons. The lowest BCUT2D eigenvalue weighted by molar-refractivity contribution is -0.149. The molecule has 4 N–H and O–H groups in total. The van der Waals surface area contributed by atoms with Gasteiger partial charge in [-0.1, -0.05) is 13.8 Å². The Morgan fingerprint density at radius 3 is 2.29 bits per heavy atom. The Bertz CT molecular complexity index is 363. The summed E-state index contributed by atoms with van der Waals surface area (Å²) in [5, 5.41) is 4.58. The van der Waals surface area contributed by atoms with Crippen molar-refractivity contribution in [1.82, 2.24) is 10.6 Å². The Morgan fingerprint density at radius 2 is 1.86 bits per heavy atom. The molecule has 1 unspecified atom stereocenters. The van der Waals surface area contributed by atoms with Gasteiger partial charge in [0, 0.05) is 13.6 Å². The lowest BCUT2D eigenvalue weighted by Crippen LogP contribution is -2.51. The molecule has 0 saturated heterocycles. The average Bonchev–Trinajstić information content (AvgIpc) is 2.47. The Morgan fingerprint density at radius 1 is 1.29 bits per heavy atom. The van der Waals surface area contributed by atoms with Gasteiger partial charge in [0.1, 0.15) is 6.10 Å². The van der Waals surface area contributed by atoms with Crippen molar-refractivity contribution in [3.8, 4) is 0 Å². The van der Waals surface area contributed by atoms with Crippen LogP contribution >= 0.6 is 0 Å². The molecule has 1 saturated carbocycles. The van der Waals surface area contributed by atoms with Gasteiger partial charge in [-0.2, -0.15) is 0 Å². The van der Waals surface area contributed by atoms with Gasteiger partial charge < -0.3 is 15.8 Å². The Labute approximate surface area is 127 Å². The third kappa shape index (κ3) is 4.97. The van der Waals surface area contributed by atoms with Crippen molar-refractivity contribution in [2.75, 3.05) is 13.6 Å². The number of carbonyl (C=O) groups is 2. The molecule has 0 aromatic heterocycles. The van der Waals surface area contributed by atoms with Gasteiger partial charge in [0.25, 0.3) is 5.91 Å². The monoisotopic (exact) mass is 299 g/mol. The van der Waals surface area contributed by atoms with Crippen LogP contribution in [0, 0.1) is 11.8 Å². The molecule has 21 heavy (non-hydrogen) atoms. The SMILES string of the molecule is CNC(=O)NC(=O)C(C)OC1(CN)CCC(C(C)C)CC1. The molecule has 0 spiro atoms. The molecule has 1 aliphatic carbocycles. The summed E-state index contributed by atoms with van der Waals surface area (Å²) >= 11 is 0. The van der Waals surface area contributed by atoms with Crippen molar-refractivity contribution >= 4 is 11.9 Å². The summed E-state index contributed by atoms with van der Waals surface area (Å²) in [5.74, 6) is 0.922. The van der Waals surface area contributed by atoms with E-state index in [0.717, 1.165) is 25.7 Å². The van der Waals surface area contributed by atoms with E-state index in [1.54, 1.807) is 6.92 Å². The number of nitrogens with two attached hydrogens (primary N) is 1. The molecule has 6 heteroatoms. The number of carbonyl (C=O) groups excluding carboxylic acids is 2. The number of nitrogens with one attached hydrogen (secondary N) is 2. The fraction of sp³-hybridized carbons (Fsp3) is 0.867. The molecule has 1 aliphatic rings. The highest BCUT2D eigenvalue weighted by Crippen LogP contribution is 2.38. The van der Waals surface area contributed by atoms with Crippen LogP contribution in [0.2, 0.25) is 0 Å². The summed E-state index contributed by atoms with van der Waals surface area (Å²) in [4.78, 5) is 23.0.